The van der Waals surface area contributed by atoms with E-state index in [0.29, 0.717) is 5.02 Å². The third-order valence-electron chi connectivity index (χ3n) is 2.05. The predicted octanol–water partition coefficient (Wildman–Crippen LogP) is 3.89. The number of fused-ring (bicyclic) bond motifs is 1. The molecule has 0 spiro atoms. The van der Waals surface area contributed by atoms with Crippen molar-refractivity contribution in [2.45, 2.75) is 3.92 Å². The molecule has 0 aliphatic heterocycles. The average Bonchev–Trinajstić information content (AvgIpc) is 2.27. The lowest BCUT2D eigenvalue weighted by Crippen LogP contribution is -1.91. The fourth-order valence-corrected chi connectivity index (χ4v) is 1.83. The van der Waals surface area contributed by atoms with E-state index in [1.54, 1.807) is 6.07 Å². The Bertz CT molecular complexity index is 548. The summed E-state index contributed by atoms with van der Waals surface area (Å²) >= 11 is 7.93. The zero-order chi connectivity index (χ0) is 10.8. The zero-order valence-corrected chi connectivity index (χ0v) is 10.5. The quantitative estimate of drug-likeness (QED) is 0.588. The molecule has 0 fully saturated rings. The Kier molecular flexibility index (Phi) is 3.08. The third-order valence-corrected chi connectivity index (χ3v) is 3.20. The number of halogens is 2. The topological polar surface area (TPSA) is 36.7 Å². The molecule has 1 unspecified atom stereocenters. The Balaban J connectivity index is 2.60. The third kappa shape index (κ3) is 2.21. The fourth-order valence-electron chi connectivity index (χ4n) is 1.31. The molecule has 1 atom stereocenters. The Morgan fingerprint density at radius 2 is 2.07 bits per heavy atom. The zero-order valence-electron chi connectivity index (χ0n) is 7.61. The van der Waals surface area contributed by atoms with Crippen molar-refractivity contribution >= 4 is 45.1 Å². The van der Waals surface area contributed by atoms with Gasteiger partial charge in [0.25, 0.3) is 0 Å². The van der Waals surface area contributed by atoms with Gasteiger partial charge in [-0.05, 0) is 18.2 Å². The van der Waals surface area contributed by atoms with Gasteiger partial charge in [0.15, 0.2) is 0 Å². The highest BCUT2D eigenvalue weighted by molar-refractivity contribution is 14.1. The molecule has 15 heavy (non-hydrogen) atoms. The summed E-state index contributed by atoms with van der Waals surface area (Å²) < 4.78 is -0.217. The number of rotatable bonds is 1. The van der Waals surface area contributed by atoms with Gasteiger partial charge in [-0.15, -0.1) is 0 Å². The Morgan fingerprint density at radius 1 is 1.33 bits per heavy atom. The number of nitriles is 1. The molecule has 2 aromatic rings. The fraction of sp³-hybridized carbons (Fsp3) is 0.0909. The van der Waals surface area contributed by atoms with Crippen LogP contribution in [0.2, 0.25) is 5.02 Å². The van der Waals surface area contributed by atoms with Crippen LogP contribution in [0.5, 0.6) is 0 Å². The van der Waals surface area contributed by atoms with Crippen molar-refractivity contribution in [1.29, 1.82) is 5.26 Å². The summed E-state index contributed by atoms with van der Waals surface area (Å²) in [5.41, 5.74) is 1.60. The van der Waals surface area contributed by atoms with Crippen molar-refractivity contribution in [2.24, 2.45) is 0 Å². The molecule has 2 rings (SSSR count). The van der Waals surface area contributed by atoms with Crippen molar-refractivity contribution in [1.82, 2.24) is 4.98 Å². The van der Waals surface area contributed by atoms with Crippen LogP contribution in [0.1, 0.15) is 9.62 Å². The maximum atomic E-state index is 8.79. The van der Waals surface area contributed by atoms with Crippen LogP contribution in [0.3, 0.4) is 0 Å². The first-order valence-electron chi connectivity index (χ1n) is 4.30. The van der Waals surface area contributed by atoms with Crippen LogP contribution in [0.15, 0.2) is 30.3 Å². The Morgan fingerprint density at radius 3 is 2.80 bits per heavy atom. The highest BCUT2D eigenvalue weighted by Gasteiger charge is 2.07. The molecule has 0 aliphatic rings. The lowest BCUT2D eigenvalue weighted by Gasteiger charge is -2.03. The van der Waals surface area contributed by atoms with E-state index in [0.717, 1.165) is 16.6 Å². The van der Waals surface area contributed by atoms with Crippen LogP contribution < -0.4 is 0 Å². The maximum absolute atomic E-state index is 8.79. The number of hydrogen-bond acceptors (Lipinski definition) is 2. The molecule has 0 aliphatic carbocycles. The van der Waals surface area contributed by atoms with Gasteiger partial charge in [0.2, 0.25) is 0 Å². The predicted molar refractivity (Wildman–Crippen MR) is 69.1 cm³/mol. The van der Waals surface area contributed by atoms with Gasteiger partial charge in [-0.3, -0.25) is 4.98 Å². The minimum atomic E-state index is -0.217. The molecule has 0 bridgehead atoms. The number of alkyl halides is 1. The van der Waals surface area contributed by atoms with Crippen LogP contribution in [0.25, 0.3) is 10.9 Å². The second kappa shape index (κ2) is 4.33. The van der Waals surface area contributed by atoms with Gasteiger partial charge < -0.3 is 0 Å². The first-order valence-corrected chi connectivity index (χ1v) is 5.93. The normalized spacial score (nSPS) is 12.3. The van der Waals surface area contributed by atoms with E-state index in [1.165, 1.54) is 0 Å². The first-order chi connectivity index (χ1) is 7.20. The van der Waals surface area contributed by atoms with Gasteiger partial charge in [-0.2, -0.15) is 5.26 Å². The standard InChI is InChI=1S/C11H6ClIN2/c12-8-3-1-7-2-4-10(9(13)6-14)15-11(7)5-8/h1-5,9H. The monoisotopic (exact) mass is 328 g/mol. The first kappa shape index (κ1) is 10.7. The summed E-state index contributed by atoms with van der Waals surface area (Å²) in [4.78, 5) is 4.39. The van der Waals surface area contributed by atoms with Crippen LogP contribution >= 0.6 is 34.2 Å². The van der Waals surface area contributed by atoms with Crippen molar-refractivity contribution < 1.29 is 0 Å². The van der Waals surface area contributed by atoms with E-state index in [2.05, 4.69) is 33.6 Å². The van der Waals surface area contributed by atoms with Crippen molar-refractivity contribution in [3.05, 3.63) is 41.0 Å². The van der Waals surface area contributed by atoms with E-state index < -0.39 is 0 Å². The summed E-state index contributed by atoms with van der Waals surface area (Å²) in [6.07, 6.45) is 0. The molecule has 1 aromatic heterocycles. The van der Waals surface area contributed by atoms with Gasteiger partial charge >= 0.3 is 0 Å². The van der Waals surface area contributed by atoms with Crippen molar-refractivity contribution in [3.8, 4) is 6.07 Å². The average molecular weight is 329 g/mol. The molecule has 2 nitrogen and oxygen atoms in total. The molecule has 1 heterocycles. The molecule has 0 saturated heterocycles. The summed E-state index contributed by atoms with van der Waals surface area (Å²) in [6, 6.07) is 11.5. The van der Waals surface area contributed by atoms with Gasteiger partial charge in [-0.25, -0.2) is 0 Å². The lowest BCUT2D eigenvalue weighted by atomic mass is 10.2. The molecule has 1 aromatic carbocycles. The van der Waals surface area contributed by atoms with Crippen molar-refractivity contribution in [2.75, 3.05) is 0 Å². The van der Waals surface area contributed by atoms with Crippen molar-refractivity contribution in [3.63, 3.8) is 0 Å². The Labute approximate surface area is 106 Å². The second-order valence-corrected chi connectivity index (χ2v) is 4.75. The number of pyridine rings is 1. The largest absolute Gasteiger partial charge is 0.251 e. The highest BCUT2D eigenvalue weighted by Crippen LogP contribution is 2.24. The highest BCUT2D eigenvalue weighted by atomic mass is 127. The molecular formula is C11H6ClIN2. The minimum Gasteiger partial charge on any atom is -0.251 e. The molecule has 0 radical (unpaired) electrons. The summed E-state index contributed by atoms with van der Waals surface area (Å²) in [5, 5.41) is 10.5. The summed E-state index contributed by atoms with van der Waals surface area (Å²) in [5.74, 6) is 0. The molecule has 0 saturated carbocycles. The lowest BCUT2D eigenvalue weighted by molar-refractivity contribution is 1.15. The molecule has 74 valence electrons. The number of aromatic nitrogens is 1. The summed E-state index contributed by atoms with van der Waals surface area (Å²) in [7, 11) is 0. The maximum Gasteiger partial charge on any atom is 0.140 e. The number of nitrogens with zero attached hydrogens (tertiary/aromatic N) is 2. The second-order valence-electron chi connectivity index (χ2n) is 3.06. The van der Waals surface area contributed by atoms with Gasteiger partial charge in [-0.1, -0.05) is 46.3 Å². The van der Waals surface area contributed by atoms with Crippen LogP contribution in [0, 0.1) is 11.3 Å². The molecular weight excluding hydrogens is 322 g/mol. The van der Waals surface area contributed by atoms with E-state index in [1.807, 2.05) is 24.3 Å². The Hall–Kier alpha value is -0.860. The van der Waals surface area contributed by atoms with E-state index in [9.17, 15) is 0 Å². The van der Waals surface area contributed by atoms with E-state index >= 15 is 0 Å². The number of hydrogen-bond donors (Lipinski definition) is 0. The minimum absolute atomic E-state index is 0.217. The van der Waals surface area contributed by atoms with E-state index in [-0.39, 0.29) is 3.92 Å². The van der Waals surface area contributed by atoms with Gasteiger partial charge in [0.05, 0.1) is 17.3 Å². The van der Waals surface area contributed by atoms with Crippen LogP contribution in [-0.4, -0.2) is 4.98 Å². The van der Waals surface area contributed by atoms with Crippen LogP contribution in [-0.2, 0) is 0 Å². The van der Waals surface area contributed by atoms with Crippen LogP contribution in [0.4, 0.5) is 0 Å². The van der Waals surface area contributed by atoms with Gasteiger partial charge in [0, 0.05) is 10.4 Å². The summed E-state index contributed by atoms with van der Waals surface area (Å²) in [6.45, 7) is 0. The number of benzene rings is 1. The molecule has 4 heteroatoms. The molecule has 0 N–H and O–H groups in total. The van der Waals surface area contributed by atoms with Gasteiger partial charge in [0.1, 0.15) is 3.92 Å². The van der Waals surface area contributed by atoms with E-state index in [4.69, 9.17) is 16.9 Å². The molecule has 0 amide bonds. The smallest absolute Gasteiger partial charge is 0.140 e. The SMILES string of the molecule is N#CC(I)c1ccc2ccc(Cl)cc2n1.